The van der Waals surface area contributed by atoms with Crippen molar-refractivity contribution in [2.45, 2.75) is 86.7 Å². The molecule has 3 heteroatoms. The average Bonchev–Trinajstić information content (AvgIpc) is 2.68. The molecule has 0 amide bonds. The number of cyclic esters (lactones) is 1. The van der Waals surface area contributed by atoms with Gasteiger partial charge in [0.1, 0.15) is 5.60 Å². The van der Waals surface area contributed by atoms with Crippen LogP contribution in [0.2, 0.25) is 0 Å². The summed E-state index contributed by atoms with van der Waals surface area (Å²) in [6.07, 6.45) is 6.32. The molecule has 0 aromatic heterocycles. The maximum Gasteiger partial charge on any atom is 0.334 e. The quantitative estimate of drug-likeness (QED) is 0.449. The molecule has 0 spiro atoms. The molecule has 1 N–H and O–H groups in total. The molecule has 1 atom stereocenters. The fraction of sp³-hybridized carbons (Fsp3) is 0.864. The Morgan fingerprint density at radius 3 is 2.20 bits per heavy atom. The number of nitrogens with one attached hydrogen (secondary N) is 1. The van der Waals surface area contributed by atoms with E-state index in [1.165, 1.54) is 12.8 Å². The van der Waals surface area contributed by atoms with Crippen LogP contribution in [-0.4, -0.2) is 24.7 Å². The van der Waals surface area contributed by atoms with Gasteiger partial charge < -0.3 is 10.1 Å². The molecular formula is C22H41NO2. The summed E-state index contributed by atoms with van der Waals surface area (Å²) in [7, 11) is 0. The summed E-state index contributed by atoms with van der Waals surface area (Å²) in [6.45, 7) is 19.4. The number of rotatable bonds is 9. The van der Waals surface area contributed by atoms with E-state index in [9.17, 15) is 4.79 Å². The minimum Gasteiger partial charge on any atom is -0.454 e. The van der Waals surface area contributed by atoms with Crippen molar-refractivity contribution in [1.82, 2.24) is 5.32 Å². The van der Waals surface area contributed by atoms with E-state index in [1.54, 1.807) is 0 Å². The third-order valence-electron chi connectivity index (χ3n) is 4.63. The van der Waals surface area contributed by atoms with Crippen LogP contribution in [-0.2, 0) is 9.53 Å². The van der Waals surface area contributed by atoms with Crippen LogP contribution in [0.25, 0.3) is 0 Å². The van der Waals surface area contributed by atoms with Crippen LogP contribution in [0.4, 0.5) is 0 Å². The molecule has 1 saturated heterocycles. The first-order chi connectivity index (χ1) is 11.4. The lowest BCUT2D eigenvalue weighted by Gasteiger charge is -2.26. The zero-order valence-electron chi connectivity index (χ0n) is 17.9. The van der Waals surface area contributed by atoms with E-state index < -0.39 is 5.60 Å². The number of ether oxygens (including phenoxy) is 1. The fourth-order valence-corrected chi connectivity index (χ4v) is 3.69. The third kappa shape index (κ3) is 8.89. The van der Waals surface area contributed by atoms with Gasteiger partial charge in [-0.3, -0.25) is 0 Å². The van der Waals surface area contributed by atoms with Gasteiger partial charge in [0.2, 0.25) is 0 Å². The molecule has 0 aliphatic carbocycles. The molecule has 0 aromatic carbocycles. The molecule has 146 valence electrons. The second-order valence-corrected chi connectivity index (χ2v) is 10.3. The summed E-state index contributed by atoms with van der Waals surface area (Å²) in [5.74, 6) is 1.94. The highest BCUT2D eigenvalue weighted by Crippen LogP contribution is 2.32. The summed E-state index contributed by atoms with van der Waals surface area (Å²) in [5, 5.41) is 3.46. The molecule has 1 rings (SSSR count). The smallest absolute Gasteiger partial charge is 0.334 e. The van der Waals surface area contributed by atoms with Gasteiger partial charge in [0, 0.05) is 25.1 Å². The monoisotopic (exact) mass is 351 g/mol. The topological polar surface area (TPSA) is 38.3 Å². The average molecular weight is 352 g/mol. The van der Waals surface area contributed by atoms with E-state index in [0.717, 1.165) is 31.5 Å². The molecule has 0 radical (unpaired) electrons. The Morgan fingerprint density at radius 1 is 1.16 bits per heavy atom. The second-order valence-electron chi connectivity index (χ2n) is 10.3. The number of carbonyl (C=O) groups excluding carboxylic acids is 1. The minimum atomic E-state index is -0.403. The molecule has 1 aliphatic rings. The zero-order valence-corrected chi connectivity index (χ0v) is 17.9. The number of carbonyl (C=O) groups is 1. The predicted octanol–water partition coefficient (Wildman–Crippen LogP) is 5.35. The first-order valence-corrected chi connectivity index (χ1v) is 10.0. The van der Waals surface area contributed by atoms with Gasteiger partial charge in [-0.1, -0.05) is 54.5 Å². The lowest BCUT2D eigenvalue weighted by molar-refractivity contribution is -0.144. The van der Waals surface area contributed by atoms with E-state index in [2.05, 4.69) is 59.9 Å². The number of esters is 1. The SMILES string of the molecule is CC(C)CC(C/C=C1/CC(C)(CNCC(C)(C)C)OC1=O)CC(C)C. The highest BCUT2D eigenvalue weighted by molar-refractivity contribution is 5.91. The molecule has 1 unspecified atom stereocenters. The summed E-state index contributed by atoms with van der Waals surface area (Å²) in [4.78, 5) is 12.3. The van der Waals surface area contributed by atoms with Crippen molar-refractivity contribution >= 4 is 5.97 Å². The lowest BCUT2D eigenvalue weighted by Crippen LogP contribution is -2.40. The van der Waals surface area contributed by atoms with Gasteiger partial charge in [-0.05, 0) is 49.4 Å². The van der Waals surface area contributed by atoms with Crippen LogP contribution in [0.5, 0.6) is 0 Å². The van der Waals surface area contributed by atoms with Crippen molar-refractivity contribution < 1.29 is 9.53 Å². The van der Waals surface area contributed by atoms with Crippen LogP contribution in [0.3, 0.4) is 0 Å². The van der Waals surface area contributed by atoms with Crippen LogP contribution in [0.1, 0.15) is 81.1 Å². The standard InChI is InChI=1S/C22H41NO2/c1-16(2)11-18(12-17(3)4)9-10-19-13-22(8,25-20(19)24)15-23-14-21(5,6)7/h10,16-18,23H,9,11-15H2,1-8H3/b19-10-. The Morgan fingerprint density at radius 2 is 1.72 bits per heavy atom. The molecule has 0 bridgehead atoms. The van der Waals surface area contributed by atoms with Gasteiger partial charge >= 0.3 is 5.97 Å². The van der Waals surface area contributed by atoms with Crippen molar-refractivity contribution in [2.75, 3.05) is 13.1 Å². The zero-order chi connectivity index (χ0) is 19.3. The molecule has 0 saturated carbocycles. The third-order valence-corrected chi connectivity index (χ3v) is 4.63. The van der Waals surface area contributed by atoms with E-state index in [-0.39, 0.29) is 11.4 Å². The molecule has 1 fully saturated rings. The Hall–Kier alpha value is -0.830. The Kier molecular flexibility index (Phi) is 8.18. The summed E-state index contributed by atoms with van der Waals surface area (Å²) >= 11 is 0. The molecule has 25 heavy (non-hydrogen) atoms. The lowest BCUT2D eigenvalue weighted by atomic mass is 9.86. The molecule has 0 aromatic rings. The number of hydrogen-bond acceptors (Lipinski definition) is 3. The Balaban J connectivity index is 2.62. The highest BCUT2D eigenvalue weighted by atomic mass is 16.6. The van der Waals surface area contributed by atoms with Crippen LogP contribution < -0.4 is 5.32 Å². The predicted molar refractivity (Wildman–Crippen MR) is 107 cm³/mol. The van der Waals surface area contributed by atoms with Gasteiger partial charge in [-0.25, -0.2) is 4.79 Å². The Bertz CT molecular complexity index is 449. The first kappa shape index (κ1) is 22.2. The van der Waals surface area contributed by atoms with Crippen LogP contribution >= 0.6 is 0 Å². The van der Waals surface area contributed by atoms with E-state index >= 15 is 0 Å². The molecule has 3 nitrogen and oxygen atoms in total. The van der Waals surface area contributed by atoms with Crippen LogP contribution in [0, 0.1) is 23.2 Å². The van der Waals surface area contributed by atoms with E-state index in [1.807, 2.05) is 6.92 Å². The van der Waals surface area contributed by atoms with Gasteiger partial charge in [0.05, 0.1) is 0 Å². The van der Waals surface area contributed by atoms with Gasteiger partial charge in [0.15, 0.2) is 0 Å². The van der Waals surface area contributed by atoms with Gasteiger partial charge in [-0.2, -0.15) is 0 Å². The largest absolute Gasteiger partial charge is 0.454 e. The number of allylic oxidation sites excluding steroid dienone is 1. The summed E-state index contributed by atoms with van der Waals surface area (Å²) in [6, 6.07) is 0. The van der Waals surface area contributed by atoms with Crippen molar-refractivity contribution in [2.24, 2.45) is 23.2 Å². The fourth-order valence-electron chi connectivity index (χ4n) is 3.69. The van der Waals surface area contributed by atoms with Crippen molar-refractivity contribution in [3.63, 3.8) is 0 Å². The van der Waals surface area contributed by atoms with Crippen molar-refractivity contribution in [3.8, 4) is 0 Å². The highest BCUT2D eigenvalue weighted by Gasteiger charge is 2.39. The molecule has 1 heterocycles. The molecule has 1 aliphatic heterocycles. The van der Waals surface area contributed by atoms with Crippen molar-refractivity contribution in [1.29, 1.82) is 0 Å². The van der Waals surface area contributed by atoms with Crippen molar-refractivity contribution in [3.05, 3.63) is 11.6 Å². The minimum absolute atomic E-state index is 0.118. The molecular weight excluding hydrogens is 310 g/mol. The maximum absolute atomic E-state index is 12.3. The second kappa shape index (κ2) is 9.21. The van der Waals surface area contributed by atoms with E-state index in [4.69, 9.17) is 4.74 Å². The normalized spacial score (nSPS) is 23.3. The van der Waals surface area contributed by atoms with Gasteiger partial charge in [-0.15, -0.1) is 0 Å². The van der Waals surface area contributed by atoms with Crippen LogP contribution in [0.15, 0.2) is 11.6 Å². The summed E-state index contributed by atoms with van der Waals surface area (Å²) < 4.78 is 5.70. The number of hydrogen-bond donors (Lipinski definition) is 1. The maximum atomic E-state index is 12.3. The Labute approximate surface area is 156 Å². The van der Waals surface area contributed by atoms with Gasteiger partial charge in [0.25, 0.3) is 0 Å². The van der Waals surface area contributed by atoms with E-state index in [0.29, 0.717) is 17.8 Å². The first-order valence-electron chi connectivity index (χ1n) is 10.0. The summed E-state index contributed by atoms with van der Waals surface area (Å²) in [5.41, 5.74) is 0.704.